The Labute approximate surface area is 134 Å². The number of hydrogen-bond acceptors (Lipinski definition) is 1. The zero-order valence-corrected chi connectivity index (χ0v) is 13.8. The molecule has 114 valence electrons. The zero-order valence-electron chi connectivity index (χ0n) is 13.8. The molecule has 22 heavy (non-hydrogen) atoms. The Kier molecular flexibility index (Phi) is 6.02. The molecular formula is C21H25N. The van der Waals surface area contributed by atoms with Gasteiger partial charge >= 0.3 is 0 Å². The minimum atomic E-state index is 0.930. The number of anilines is 1. The molecule has 0 N–H and O–H groups in total. The first-order chi connectivity index (χ1) is 10.8. The molecule has 1 nitrogen and oxygen atoms in total. The molecule has 0 fully saturated rings. The average Bonchev–Trinajstić information content (AvgIpc) is 2.79. The summed E-state index contributed by atoms with van der Waals surface area (Å²) in [5, 5.41) is 0. The van der Waals surface area contributed by atoms with Crippen LogP contribution in [-0.4, -0.2) is 0 Å². The van der Waals surface area contributed by atoms with Crippen LogP contribution in [0, 0.1) is 6.92 Å². The molecule has 2 rings (SSSR count). The molecular weight excluding hydrogens is 266 g/mol. The average molecular weight is 291 g/mol. The van der Waals surface area contributed by atoms with E-state index in [2.05, 4.69) is 98.5 Å². The van der Waals surface area contributed by atoms with Crippen LogP contribution in [0.25, 0.3) is 0 Å². The maximum atomic E-state index is 2.35. The van der Waals surface area contributed by atoms with Gasteiger partial charge in [0.25, 0.3) is 0 Å². The van der Waals surface area contributed by atoms with Gasteiger partial charge in [0.2, 0.25) is 0 Å². The van der Waals surface area contributed by atoms with Gasteiger partial charge in [-0.15, -0.1) is 0 Å². The first kappa shape index (κ1) is 16.1. The molecule has 0 aromatic heterocycles. The summed E-state index contributed by atoms with van der Waals surface area (Å²) in [6.07, 6.45) is 19.2. The van der Waals surface area contributed by atoms with Crippen molar-refractivity contribution in [2.24, 2.45) is 0 Å². The highest BCUT2D eigenvalue weighted by Crippen LogP contribution is 2.28. The van der Waals surface area contributed by atoms with Gasteiger partial charge in [0.05, 0.1) is 0 Å². The first-order valence-electron chi connectivity index (χ1n) is 7.98. The van der Waals surface area contributed by atoms with Gasteiger partial charge in [-0.1, -0.05) is 61.1 Å². The van der Waals surface area contributed by atoms with E-state index < -0.39 is 0 Å². The second kappa shape index (κ2) is 8.23. The monoisotopic (exact) mass is 291 g/mol. The predicted octanol–water partition coefficient (Wildman–Crippen LogP) is 6.07. The summed E-state index contributed by atoms with van der Waals surface area (Å²) >= 11 is 0. The SMILES string of the molecule is C/C=C\C(=C/CC)N(C1=CC=CC=CC1)c1ccc(C)cc1. The van der Waals surface area contributed by atoms with Crippen LogP contribution >= 0.6 is 0 Å². The van der Waals surface area contributed by atoms with Gasteiger partial charge in [0.15, 0.2) is 0 Å². The topological polar surface area (TPSA) is 3.24 Å². The molecule has 0 saturated carbocycles. The summed E-state index contributed by atoms with van der Waals surface area (Å²) in [7, 11) is 0. The van der Waals surface area contributed by atoms with Crippen molar-refractivity contribution < 1.29 is 0 Å². The minimum Gasteiger partial charge on any atom is -0.314 e. The van der Waals surface area contributed by atoms with Crippen LogP contribution in [0.3, 0.4) is 0 Å². The van der Waals surface area contributed by atoms with E-state index >= 15 is 0 Å². The number of allylic oxidation sites excluding steroid dienone is 8. The van der Waals surface area contributed by atoms with E-state index in [1.807, 2.05) is 0 Å². The molecule has 0 aliphatic heterocycles. The van der Waals surface area contributed by atoms with E-state index in [1.165, 1.54) is 22.6 Å². The molecule has 0 saturated heterocycles. The molecule has 1 aliphatic carbocycles. The van der Waals surface area contributed by atoms with Crippen molar-refractivity contribution in [1.82, 2.24) is 0 Å². The number of benzene rings is 1. The summed E-state index contributed by atoms with van der Waals surface area (Å²) in [4.78, 5) is 2.35. The Morgan fingerprint density at radius 3 is 2.59 bits per heavy atom. The van der Waals surface area contributed by atoms with E-state index in [0.29, 0.717) is 0 Å². The lowest BCUT2D eigenvalue weighted by molar-refractivity contribution is 1.02. The van der Waals surface area contributed by atoms with Crippen LogP contribution in [0.5, 0.6) is 0 Å². The van der Waals surface area contributed by atoms with Crippen molar-refractivity contribution in [1.29, 1.82) is 0 Å². The Morgan fingerprint density at radius 1 is 1.14 bits per heavy atom. The third-order valence-corrected chi connectivity index (χ3v) is 3.56. The van der Waals surface area contributed by atoms with Crippen LogP contribution in [0.1, 0.15) is 32.3 Å². The standard InChI is InChI=1S/C21H25N/c1-4-10-19(11-5-2)22(20-12-8-6-7-9-13-20)21-16-14-18(3)15-17-21/h4,6-12,14-17H,5,13H2,1-3H3/b10-4-,19-11+. The van der Waals surface area contributed by atoms with Crippen LogP contribution in [-0.2, 0) is 0 Å². The zero-order chi connectivity index (χ0) is 15.8. The van der Waals surface area contributed by atoms with Crippen LogP contribution in [0.4, 0.5) is 5.69 Å². The molecule has 1 aromatic carbocycles. The fourth-order valence-corrected chi connectivity index (χ4v) is 2.52. The Morgan fingerprint density at radius 2 is 1.91 bits per heavy atom. The van der Waals surface area contributed by atoms with Gasteiger partial charge in [-0.3, -0.25) is 0 Å². The molecule has 0 atom stereocenters. The number of rotatable bonds is 5. The molecule has 1 aliphatic rings. The van der Waals surface area contributed by atoms with Gasteiger partial charge in [-0.25, -0.2) is 0 Å². The quantitative estimate of drug-likeness (QED) is 0.595. The highest BCUT2D eigenvalue weighted by Gasteiger charge is 2.14. The van der Waals surface area contributed by atoms with E-state index in [1.54, 1.807) is 0 Å². The molecule has 0 bridgehead atoms. The molecule has 0 spiro atoms. The lowest BCUT2D eigenvalue weighted by Gasteiger charge is -2.28. The number of aryl methyl sites for hydroxylation is 1. The van der Waals surface area contributed by atoms with Crippen molar-refractivity contribution in [3.8, 4) is 0 Å². The van der Waals surface area contributed by atoms with Crippen molar-refractivity contribution in [2.45, 2.75) is 33.6 Å². The largest absolute Gasteiger partial charge is 0.314 e. The van der Waals surface area contributed by atoms with E-state index in [9.17, 15) is 0 Å². The van der Waals surface area contributed by atoms with Gasteiger partial charge in [-0.05, 0) is 44.6 Å². The second-order valence-electron chi connectivity index (χ2n) is 5.38. The molecule has 0 radical (unpaired) electrons. The minimum absolute atomic E-state index is 0.930. The van der Waals surface area contributed by atoms with E-state index in [4.69, 9.17) is 0 Å². The highest BCUT2D eigenvalue weighted by molar-refractivity contribution is 5.61. The first-order valence-corrected chi connectivity index (χ1v) is 7.98. The lowest BCUT2D eigenvalue weighted by atomic mass is 10.1. The Hall–Kier alpha value is -2.28. The lowest BCUT2D eigenvalue weighted by Crippen LogP contribution is -2.20. The van der Waals surface area contributed by atoms with E-state index in [-0.39, 0.29) is 0 Å². The number of nitrogens with zero attached hydrogens (tertiary/aromatic N) is 1. The summed E-state index contributed by atoms with van der Waals surface area (Å²) in [5.41, 5.74) is 5.00. The molecule has 0 unspecified atom stereocenters. The third-order valence-electron chi connectivity index (χ3n) is 3.56. The molecule has 1 aromatic rings. The fraction of sp³-hybridized carbons (Fsp3) is 0.238. The fourth-order valence-electron chi connectivity index (χ4n) is 2.52. The van der Waals surface area contributed by atoms with Crippen LogP contribution < -0.4 is 4.90 Å². The van der Waals surface area contributed by atoms with Gasteiger partial charge in [0, 0.05) is 23.5 Å². The molecule has 0 heterocycles. The predicted molar refractivity (Wildman–Crippen MR) is 97.8 cm³/mol. The van der Waals surface area contributed by atoms with Crippen molar-refractivity contribution in [2.75, 3.05) is 4.90 Å². The smallest absolute Gasteiger partial charge is 0.0458 e. The van der Waals surface area contributed by atoms with E-state index in [0.717, 1.165) is 12.8 Å². The maximum absolute atomic E-state index is 2.35. The molecule has 1 heteroatoms. The summed E-state index contributed by atoms with van der Waals surface area (Å²) in [6, 6.07) is 8.73. The van der Waals surface area contributed by atoms with Crippen molar-refractivity contribution >= 4 is 5.69 Å². The normalized spacial score (nSPS) is 15.0. The van der Waals surface area contributed by atoms with Gasteiger partial charge < -0.3 is 4.90 Å². The van der Waals surface area contributed by atoms with Crippen LogP contribution in [0.2, 0.25) is 0 Å². The van der Waals surface area contributed by atoms with Gasteiger partial charge in [0.1, 0.15) is 0 Å². The Bertz CT molecular complexity index is 624. The Balaban J connectivity index is 2.50. The molecule has 0 amide bonds. The van der Waals surface area contributed by atoms with Crippen LogP contribution in [0.15, 0.2) is 84.3 Å². The van der Waals surface area contributed by atoms with Crippen molar-refractivity contribution in [3.63, 3.8) is 0 Å². The van der Waals surface area contributed by atoms with Crippen molar-refractivity contribution in [3.05, 3.63) is 89.8 Å². The maximum Gasteiger partial charge on any atom is 0.0458 e. The van der Waals surface area contributed by atoms with Gasteiger partial charge in [-0.2, -0.15) is 0 Å². The summed E-state index contributed by atoms with van der Waals surface area (Å²) in [6.45, 7) is 6.37. The summed E-state index contributed by atoms with van der Waals surface area (Å²) < 4.78 is 0. The number of hydrogen-bond donors (Lipinski definition) is 0. The second-order valence-corrected chi connectivity index (χ2v) is 5.38. The highest BCUT2D eigenvalue weighted by atomic mass is 15.2. The third kappa shape index (κ3) is 4.11. The summed E-state index contributed by atoms with van der Waals surface area (Å²) in [5.74, 6) is 0.